The number of nitrogens with zero attached hydrogens (tertiary/aromatic N) is 1. The summed E-state index contributed by atoms with van der Waals surface area (Å²) >= 11 is 0. The van der Waals surface area contributed by atoms with Gasteiger partial charge in [-0.2, -0.15) is 0 Å². The molecule has 0 heterocycles. The summed E-state index contributed by atoms with van der Waals surface area (Å²) in [5.41, 5.74) is 0.920. The molecule has 0 bridgehead atoms. The predicted molar refractivity (Wildman–Crippen MR) is 93.0 cm³/mol. The van der Waals surface area contributed by atoms with Gasteiger partial charge >= 0.3 is 0 Å². The van der Waals surface area contributed by atoms with E-state index in [-0.39, 0.29) is 5.69 Å². The van der Waals surface area contributed by atoms with E-state index in [1.165, 1.54) is 6.92 Å². The maximum atomic E-state index is 13.7. The maximum absolute atomic E-state index is 13.7. The lowest BCUT2D eigenvalue weighted by molar-refractivity contribution is -0.116. The SMILES string of the molecule is Cc1cccc(N([C@H](C)C(=O)Nc2ccc(F)cc2F)S(C)(=O)=O)c1. The van der Waals surface area contributed by atoms with Crippen LogP contribution in [-0.2, 0) is 14.8 Å². The number of carbonyl (C=O) groups excluding carboxylic acids is 1. The minimum Gasteiger partial charge on any atom is -0.322 e. The van der Waals surface area contributed by atoms with E-state index in [9.17, 15) is 22.0 Å². The van der Waals surface area contributed by atoms with E-state index in [4.69, 9.17) is 0 Å². The monoisotopic (exact) mass is 368 g/mol. The van der Waals surface area contributed by atoms with Crippen molar-refractivity contribution in [2.24, 2.45) is 0 Å². The van der Waals surface area contributed by atoms with Crippen LogP contribution in [0, 0.1) is 18.6 Å². The lowest BCUT2D eigenvalue weighted by Gasteiger charge is -2.28. The summed E-state index contributed by atoms with van der Waals surface area (Å²) in [5, 5.41) is 2.29. The van der Waals surface area contributed by atoms with Crippen LogP contribution < -0.4 is 9.62 Å². The molecule has 0 aliphatic heterocycles. The standard InChI is InChI=1S/C17H18F2N2O3S/c1-11-5-4-6-14(9-11)21(25(3,23)24)12(2)17(22)20-16-8-7-13(18)10-15(16)19/h4-10,12H,1-3H3,(H,20,22)/t12-/m1/s1. The Morgan fingerprint density at radius 1 is 1.16 bits per heavy atom. The molecule has 134 valence electrons. The van der Waals surface area contributed by atoms with Crippen molar-refractivity contribution < 1.29 is 22.0 Å². The van der Waals surface area contributed by atoms with Crippen molar-refractivity contribution in [1.29, 1.82) is 0 Å². The van der Waals surface area contributed by atoms with Gasteiger partial charge in [-0.05, 0) is 43.7 Å². The highest BCUT2D eigenvalue weighted by molar-refractivity contribution is 7.92. The molecular weight excluding hydrogens is 350 g/mol. The second-order valence-electron chi connectivity index (χ2n) is 5.69. The molecule has 2 rings (SSSR count). The van der Waals surface area contributed by atoms with Gasteiger partial charge in [0.2, 0.25) is 15.9 Å². The van der Waals surface area contributed by atoms with Gasteiger partial charge in [-0.3, -0.25) is 9.10 Å². The predicted octanol–water partition coefficient (Wildman–Crippen LogP) is 3.07. The molecule has 0 unspecified atom stereocenters. The van der Waals surface area contributed by atoms with Gasteiger partial charge in [0.1, 0.15) is 17.7 Å². The van der Waals surface area contributed by atoms with Crippen LogP contribution in [0.1, 0.15) is 12.5 Å². The summed E-state index contributed by atoms with van der Waals surface area (Å²) in [7, 11) is -3.77. The Hall–Kier alpha value is -2.48. The summed E-state index contributed by atoms with van der Waals surface area (Å²) in [6.45, 7) is 3.18. The van der Waals surface area contributed by atoms with E-state index >= 15 is 0 Å². The third-order valence-corrected chi connectivity index (χ3v) is 4.78. The van der Waals surface area contributed by atoms with Crippen molar-refractivity contribution >= 4 is 27.3 Å². The van der Waals surface area contributed by atoms with Crippen LogP contribution in [0.3, 0.4) is 0 Å². The van der Waals surface area contributed by atoms with Gasteiger partial charge in [-0.25, -0.2) is 17.2 Å². The minimum absolute atomic E-state index is 0.226. The van der Waals surface area contributed by atoms with E-state index in [2.05, 4.69) is 5.32 Å². The summed E-state index contributed by atoms with van der Waals surface area (Å²) in [6, 6.07) is 8.23. The van der Waals surface area contributed by atoms with Gasteiger partial charge in [0.15, 0.2) is 0 Å². The Bertz CT molecular complexity index is 901. The first-order valence-electron chi connectivity index (χ1n) is 7.41. The average molecular weight is 368 g/mol. The third-order valence-electron chi connectivity index (χ3n) is 3.53. The van der Waals surface area contributed by atoms with E-state index in [1.54, 1.807) is 31.2 Å². The Kier molecular flexibility index (Phi) is 5.42. The first kappa shape index (κ1) is 18.9. The summed E-state index contributed by atoms with van der Waals surface area (Å²) < 4.78 is 52.0. The van der Waals surface area contributed by atoms with Gasteiger partial charge in [0, 0.05) is 6.07 Å². The zero-order chi connectivity index (χ0) is 18.8. The van der Waals surface area contributed by atoms with Crippen molar-refractivity contribution in [1.82, 2.24) is 0 Å². The van der Waals surface area contributed by atoms with Crippen molar-refractivity contribution in [3.63, 3.8) is 0 Å². The van der Waals surface area contributed by atoms with Crippen molar-refractivity contribution in [3.8, 4) is 0 Å². The Morgan fingerprint density at radius 3 is 2.40 bits per heavy atom. The van der Waals surface area contributed by atoms with Crippen molar-refractivity contribution in [2.45, 2.75) is 19.9 Å². The molecule has 1 amide bonds. The molecule has 5 nitrogen and oxygen atoms in total. The van der Waals surface area contributed by atoms with Gasteiger partial charge in [-0.1, -0.05) is 12.1 Å². The molecule has 25 heavy (non-hydrogen) atoms. The molecule has 0 saturated heterocycles. The molecular formula is C17H18F2N2O3S. The number of carbonyl (C=O) groups is 1. The summed E-state index contributed by atoms with van der Waals surface area (Å²) in [5.74, 6) is -2.46. The Labute approximate surface area is 145 Å². The number of nitrogens with one attached hydrogen (secondary N) is 1. The molecule has 0 spiro atoms. The van der Waals surface area contributed by atoms with Gasteiger partial charge in [0.25, 0.3) is 0 Å². The number of hydrogen-bond donors (Lipinski definition) is 1. The number of anilines is 2. The van der Waals surface area contributed by atoms with Crippen LogP contribution in [0.5, 0.6) is 0 Å². The third kappa shape index (κ3) is 4.54. The number of rotatable bonds is 5. The number of halogens is 2. The van der Waals surface area contributed by atoms with Crippen LogP contribution in [0.4, 0.5) is 20.2 Å². The second kappa shape index (κ2) is 7.18. The van der Waals surface area contributed by atoms with Crippen LogP contribution in [0.2, 0.25) is 0 Å². The topological polar surface area (TPSA) is 66.5 Å². The lowest BCUT2D eigenvalue weighted by Crippen LogP contribution is -2.45. The first-order valence-corrected chi connectivity index (χ1v) is 9.26. The maximum Gasteiger partial charge on any atom is 0.248 e. The normalized spacial score (nSPS) is 12.5. The molecule has 8 heteroatoms. The molecule has 0 aromatic heterocycles. The highest BCUT2D eigenvalue weighted by Crippen LogP contribution is 2.23. The smallest absolute Gasteiger partial charge is 0.248 e. The molecule has 1 N–H and O–H groups in total. The van der Waals surface area contributed by atoms with Gasteiger partial charge < -0.3 is 5.32 Å². The van der Waals surface area contributed by atoms with Gasteiger partial charge in [0.05, 0.1) is 17.6 Å². The summed E-state index contributed by atoms with van der Waals surface area (Å²) in [4.78, 5) is 12.4. The van der Waals surface area contributed by atoms with E-state index in [0.717, 1.165) is 28.3 Å². The lowest BCUT2D eigenvalue weighted by atomic mass is 10.2. The highest BCUT2D eigenvalue weighted by atomic mass is 32.2. The summed E-state index contributed by atoms with van der Waals surface area (Å²) in [6.07, 6.45) is 0.984. The molecule has 2 aromatic carbocycles. The fourth-order valence-corrected chi connectivity index (χ4v) is 3.57. The van der Waals surface area contributed by atoms with E-state index < -0.39 is 33.6 Å². The van der Waals surface area contributed by atoms with Crippen LogP contribution in [0.15, 0.2) is 42.5 Å². The molecule has 0 radical (unpaired) electrons. The largest absolute Gasteiger partial charge is 0.322 e. The first-order chi connectivity index (χ1) is 11.6. The fourth-order valence-electron chi connectivity index (χ4n) is 2.40. The fraction of sp³-hybridized carbons (Fsp3) is 0.235. The number of hydrogen-bond acceptors (Lipinski definition) is 3. The van der Waals surface area contributed by atoms with Crippen LogP contribution in [-0.4, -0.2) is 26.6 Å². The number of sulfonamides is 1. The van der Waals surface area contributed by atoms with Crippen molar-refractivity contribution in [2.75, 3.05) is 15.9 Å². The zero-order valence-corrected chi connectivity index (χ0v) is 14.8. The van der Waals surface area contributed by atoms with Crippen LogP contribution in [0.25, 0.3) is 0 Å². The van der Waals surface area contributed by atoms with Crippen molar-refractivity contribution in [3.05, 3.63) is 59.7 Å². The number of benzene rings is 2. The zero-order valence-electron chi connectivity index (χ0n) is 14.0. The average Bonchev–Trinajstić information content (AvgIpc) is 2.48. The van der Waals surface area contributed by atoms with Gasteiger partial charge in [-0.15, -0.1) is 0 Å². The molecule has 0 aliphatic rings. The Morgan fingerprint density at radius 2 is 1.84 bits per heavy atom. The highest BCUT2D eigenvalue weighted by Gasteiger charge is 2.29. The molecule has 0 saturated carbocycles. The second-order valence-corrected chi connectivity index (χ2v) is 7.55. The minimum atomic E-state index is -3.77. The quantitative estimate of drug-likeness (QED) is 0.882. The van der Waals surface area contributed by atoms with E-state index in [1.807, 2.05) is 0 Å². The van der Waals surface area contributed by atoms with E-state index in [0.29, 0.717) is 11.8 Å². The van der Waals surface area contributed by atoms with Crippen LogP contribution >= 0.6 is 0 Å². The molecule has 0 aliphatic carbocycles. The molecule has 2 aromatic rings. The Balaban J connectivity index is 2.33. The molecule has 1 atom stereocenters. The number of amides is 1. The number of aryl methyl sites for hydroxylation is 1. The molecule has 0 fully saturated rings.